The van der Waals surface area contributed by atoms with Gasteiger partial charge in [0, 0.05) is 12.7 Å². The van der Waals surface area contributed by atoms with Gasteiger partial charge >= 0.3 is 35.5 Å². The molecule has 126 valence electrons. The van der Waals surface area contributed by atoms with Crippen LogP contribution < -0.4 is 29.6 Å². The van der Waals surface area contributed by atoms with E-state index >= 15 is 0 Å². The molecule has 0 N–H and O–H groups in total. The molecule has 7 heteroatoms. The molecule has 0 spiro atoms. The molecule has 0 aliphatic carbocycles. The molecular formula is C15H29NaO5S. The van der Waals surface area contributed by atoms with E-state index < -0.39 is 27.9 Å². The molecule has 0 bridgehead atoms. The molecule has 0 aromatic carbocycles. The largest absolute Gasteiger partial charge is 1.00 e. The van der Waals surface area contributed by atoms with Crippen LogP contribution in [-0.2, 0) is 19.6 Å². The standard InChI is InChI=1S/C15H30O5S.Na/c1-3-4-5-6-7-8-9-10-11-15(20-14(2)16)12-13-21(17,18)19;/h15H,3-13H2,1-2H3,(H,17,18,19);/q;+1/p-1. The minimum absolute atomic E-state index is 0. The quantitative estimate of drug-likeness (QED) is 0.209. The maximum Gasteiger partial charge on any atom is 1.00 e. The molecule has 0 fully saturated rings. The maximum absolute atomic E-state index is 11.0. The van der Waals surface area contributed by atoms with Gasteiger partial charge in [0.2, 0.25) is 0 Å². The van der Waals surface area contributed by atoms with Crippen LogP contribution in [0.5, 0.6) is 0 Å². The first-order valence-electron chi connectivity index (χ1n) is 7.96. The van der Waals surface area contributed by atoms with Crippen LogP contribution in [0.2, 0.25) is 0 Å². The second kappa shape index (κ2) is 14.9. The summed E-state index contributed by atoms with van der Waals surface area (Å²) >= 11 is 0. The Balaban J connectivity index is 0. The van der Waals surface area contributed by atoms with Crippen molar-refractivity contribution < 1.29 is 52.1 Å². The summed E-state index contributed by atoms with van der Waals surface area (Å²) in [6.07, 6.45) is 9.66. The van der Waals surface area contributed by atoms with Crippen LogP contribution in [0, 0.1) is 0 Å². The Labute approximate surface area is 157 Å². The zero-order valence-electron chi connectivity index (χ0n) is 14.3. The van der Waals surface area contributed by atoms with E-state index in [1.54, 1.807) is 0 Å². The van der Waals surface area contributed by atoms with Gasteiger partial charge in [0.05, 0.1) is 10.1 Å². The second-order valence-electron chi connectivity index (χ2n) is 5.55. The molecule has 1 unspecified atom stereocenters. The zero-order chi connectivity index (χ0) is 16.1. The van der Waals surface area contributed by atoms with Gasteiger partial charge in [0.1, 0.15) is 6.10 Å². The first kappa shape index (κ1) is 24.6. The Bertz CT molecular complexity index is 370. The molecule has 0 saturated carbocycles. The summed E-state index contributed by atoms with van der Waals surface area (Å²) < 4.78 is 36.9. The van der Waals surface area contributed by atoms with Crippen LogP contribution in [0.4, 0.5) is 0 Å². The second-order valence-corrected chi connectivity index (χ2v) is 7.07. The number of unbranched alkanes of at least 4 members (excludes halogenated alkanes) is 7. The Kier molecular flexibility index (Phi) is 16.7. The Morgan fingerprint density at radius 3 is 1.95 bits per heavy atom. The van der Waals surface area contributed by atoms with Gasteiger partial charge in [0.15, 0.2) is 0 Å². The van der Waals surface area contributed by atoms with Gasteiger partial charge in [-0.3, -0.25) is 4.79 Å². The van der Waals surface area contributed by atoms with Crippen molar-refractivity contribution >= 4 is 16.1 Å². The average molecular weight is 344 g/mol. The number of ether oxygens (including phenoxy) is 1. The van der Waals surface area contributed by atoms with Gasteiger partial charge in [-0.25, -0.2) is 8.42 Å². The van der Waals surface area contributed by atoms with Crippen molar-refractivity contribution in [2.24, 2.45) is 0 Å². The molecule has 0 radical (unpaired) electrons. The third-order valence-electron chi connectivity index (χ3n) is 3.40. The van der Waals surface area contributed by atoms with Crippen molar-refractivity contribution in [2.75, 3.05) is 5.75 Å². The van der Waals surface area contributed by atoms with Crippen LogP contribution >= 0.6 is 0 Å². The summed E-state index contributed by atoms with van der Waals surface area (Å²) in [6.45, 7) is 3.49. The van der Waals surface area contributed by atoms with Gasteiger partial charge in [-0.2, -0.15) is 0 Å². The summed E-state index contributed by atoms with van der Waals surface area (Å²) in [7, 11) is -4.24. The van der Waals surface area contributed by atoms with E-state index in [-0.39, 0.29) is 36.0 Å². The topological polar surface area (TPSA) is 83.5 Å². The molecule has 0 aliphatic heterocycles. The van der Waals surface area contributed by atoms with E-state index in [0.717, 1.165) is 19.3 Å². The van der Waals surface area contributed by atoms with Crippen LogP contribution in [0.1, 0.15) is 78.1 Å². The number of rotatable bonds is 13. The van der Waals surface area contributed by atoms with Gasteiger partial charge in [-0.1, -0.05) is 51.9 Å². The number of carbonyl (C=O) groups is 1. The normalized spacial score (nSPS) is 12.5. The predicted octanol–water partition coefficient (Wildman–Crippen LogP) is 0.388. The third kappa shape index (κ3) is 18.4. The average Bonchev–Trinajstić information content (AvgIpc) is 2.37. The third-order valence-corrected chi connectivity index (χ3v) is 4.14. The van der Waals surface area contributed by atoms with E-state index in [2.05, 4.69) is 6.92 Å². The summed E-state index contributed by atoms with van der Waals surface area (Å²) in [4.78, 5) is 11.0. The van der Waals surface area contributed by atoms with Crippen molar-refractivity contribution in [3.05, 3.63) is 0 Å². The van der Waals surface area contributed by atoms with Crippen molar-refractivity contribution in [3.63, 3.8) is 0 Å². The summed E-state index contributed by atoms with van der Waals surface area (Å²) in [5.74, 6) is -0.898. The minimum atomic E-state index is -4.24. The molecule has 1 atom stereocenters. The Morgan fingerprint density at radius 1 is 1.00 bits per heavy atom. The van der Waals surface area contributed by atoms with Gasteiger partial charge in [-0.15, -0.1) is 0 Å². The van der Waals surface area contributed by atoms with Crippen molar-refractivity contribution in [1.29, 1.82) is 0 Å². The predicted molar refractivity (Wildman–Crippen MR) is 82.0 cm³/mol. The number of esters is 1. The molecule has 0 saturated heterocycles. The van der Waals surface area contributed by atoms with Crippen LogP contribution in [0.3, 0.4) is 0 Å². The number of hydrogen-bond acceptors (Lipinski definition) is 5. The SMILES string of the molecule is CCCCCCCCCCC(CCS(=O)(=O)[O-])OC(C)=O.[Na+]. The molecule has 0 heterocycles. The first-order valence-corrected chi connectivity index (χ1v) is 9.53. The van der Waals surface area contributed by atoms with Crippen LogP contribution in [0.25, 0.3) is 0 Å². The number of hydrogen-bond donors (Lipinski definition) is 0. The van der Waals surface area contributed by atoms with Gasteiger partial charge in [0.25, 0.3) is 0 Å². The summed E-state index contributed by atoms with van der Waals surface area (Å²) in [5, 5.41) is 0. The van der Waals surface area contributed by atoms with E-state index in [4.69, 9.17) is 4.74 Å². The van der Waals surface area contributed by atoms with Crippen LogP contribution in [0.15, 0.2) is 0 Å². The Morgan fingerprint density at radius 2 is 1.50 bits per heavy atom. The molecular weight excluding hydrogens is 315 g/mol. The smallest absolute Gasteiger partial charge is 0.748 e. The fraction of sp³-hybridized carbons (Fsp3) is 0.933. The van der Waals surface area contributed by atoms with E-state index in [1.165, 1.54) is 39.0 Å². The monoisotopic (exact) mass is 344 g/mol. The van der Waals surface area contributed by atoms with E-state index in [9.17, 15) is 17.8 Å². The molecule has 0 aliphatic rings. The van der Waals surface area contributed by atoms with Crippen LogP contribution in [-0.4, -0.2) is 30.8 Å². The fourth-order valence-corrected chi connectivity index (χ4v) is 2.83. The molecule has 0 aromatic heterocycles. The maximum atomic E-state index is 11.0. The molecule has 0 amide bonds. The van der Waals surface area contributed by atoms with E-state index in [1.807, 2.05) is 0 Å². The Hall–Kier alpha value is 0.380. The van der Waals surface area contributed by atoms with E-state index in [0.29, 0.717) is 6.42 Å². The van der Waals surface area contributed by atoms with Crippen molar-refractivity contribution in [2.45, 2.75) is 84.2 Å². The molecule has 5 nitrogen and oxygen atoms in total. The summed E-state index contributed by atoms with van der Waals surface area (Å²) in [5.41, 5.74) is 0. The fourth-order valence-electron chi connectivity index (χ4n) is 2.28. The summed E-state index contributed by atoms with van der Waals surface area (Å²) in [6, 6.07) is 0. The minimum Gasteiger partial charge on any atom is -0.748 e. The zero-order valence-corrected chi connectivity index (χ0v) is 17.1. The molecule has 0 aromatic rings. The van der Waals surface area contributed by atoms with Crippen molar-refractivity contribution in [3.8, 4) is 0 Å². The molecule has 0 rings (SSSR count). The first-order chi connectivity index (χ1) is 9.85. The van der Waals surface area contributed by atoms with Crippen molar-refractivity contribution in [1.82, 2.24) is 0 Å². The molecule has 22 heavy (non-hydrogen) atoms. The number of carbonyl (C=O) groups excluding carboxylic acids is 1. The van der Waals surface area contributed by atoms with Gasteiger partial charge < -0.3 is 9.29 Å². The van der Waals surface area contributed by atoms with Gasteiger partial charge in [-0.05, 0) is 19.3 Å².